The summed E-state index contributed by atoms with van der Waals surface area (Å²) in [6, 6.07) is 31.1. The Kier molecular flexibility index (Phi) is 14.7. The van der Waals surface area contributed by atoms with Gasteiger partial charge in [0.15, 0.2) is 0 Å². The van der Waals surface area contributed by atoms with Crippen molar-refractivity contribution in [3.05, 3.63) is 132 Å². The third-order valence-corrected chi connectivity index (χ3v) is 10.4. The molecule has 0 spiro atoms. The lowest BCUT2D eigenvalue weighted by Crippen LogP contribution is -2.57. The van der Waals surface area contributed by atoms with E-state index in [0.29, 0.717) is 38.9 Å². The SMILES string of the molecule is COC(=O)N[C@H](C(=O)N[C@@H](C[CH][C@@H](Cc1ccccc1)NC(=O)[C@@H](N1CCN(Cc2ccccc2)C1=O)C(C)(C)C)Cc1ccc(-c2ccccn2)cc1)C(C)(C)C. The van der Waals surface area contributed by atoms with E-state index in [0.717, 1.165) is 27.9 Å². The molecule has 3 N–H and O–H groups in total. The summed E-state index contributed by atoms with van der Waals surface area (Å²) in [5, 5.41) is 9.25. The van der Waals surface area contributed by atoms with E-state index < -0.39 is 41.1 Å². The largest absolute Gasteiger partial charge is 0.453 e. The third kappa shape index (κ3) is 12.1. The number of aromatic nitrogens is 1. The summed E-state index contributed by atoms with van der Waals surface area (Å²) < 4.78 is 4.86. The number of urea groups is 1. The van der Waals surface area contributed by atoms with Crippen LogP contribution >= 0.6 is 0 Å². The van der Waals surface area contributed by atoms with Gasteiger partial charge in [-0.15, -0.1) is 0 Å². The van der Waals surface area contributed by atoms with Crippen LogP contribution in [0.4, 0.5) is 9.59 Å². The van der Waals surface area contributed by atoms with Gasteiger partial charge in [-0.05, 0) is 65.3 Å². The van der Waals surface area contributed by atoms with Gasteiger partial charge in [0, 0.05) is 43.5 Å². The van der Waals surface area contributed by atoms with Gasteiger partial charge in [-0.3, -0.25) is 14.6 Å². The number of amides is 5. The molecule has 5 amide bonds. The molecule has 307 valence electrons. The number of pyridine rings is 1. The monoisotopic (exact) mass is 787 g/mol. The summed E-state index contributed by atoms with van der Waals surface area (Å²) in [5.74, 6) is -0.578. The lowest BCUT2D eigenvalue weighted by molar-refractivity contribution is -0.129. The van der Waals surface area contributed by atoms with Crippen molar-refractivity contribution in [3.63, 3.8) is 0 Å². The fraction of sp³-hybridized carbons (Fsp3) is 0.404. The average molecular weight is 788 g/mol. The van der Waals surface area contributed by atoms with Crippen LogP contribution in [0.2, 0.25) is 0 Å². The van der Waals surface area contributed by atoms with E-state index in [4.69, 9.17) is 4.74 Å². The normalized spacial score (nSPS) is 15.3. The topological polar surface area (TPSA) is 133 Å². The minimum absolute atomic E-state index is 0.159. The molecule has 0 unspecified atom stereocenters. The van der Waals surface area contributed by atoms with Crippen molar-refractivity contribution < 1.29 is 23.9 Å². The van der Waals surface area contributed by atoms with Crippen molar-refractivity contribution >= 4 is 23.9 Å². The highest BCUT2D eigenvalue weighted by Gasteiger charge is 2.44. The second-order valence-electron chi connectivity index (χ2n) is 17.2. The van der Waals surface area contributed by atoms with E-state index in [1.165, 1.54) is 7.11 Å². The maximum atomic E-state index is 14.5. The van der Waals surface area contributed by atoms with Crippen molar-refractivity contribution in [1.82, 2.24) is 30.7 Å². The number of rotatable bonds is 16. The van der Waals surface area contributed by atoms with E-state index in [1.54, 1.807) is 16.0 Å². The van der Waals surface area contributed by atoms with Crippen molar-refractivity contribution in [2.75, 3.05) is 20.2 Å². The first-order valence-electron chi connectivity index (χ1n) is 20.0. The van der Waals surface area contributed by atoms with Gasteiger partial charge in [0.1, 0.15) is 12.1 Å². The summed E-state index contributed by atoms with van der Waals surface area (Å²) >= 11 is 0. The highest BCUT2D eigenvalue weighted by molar-refractivity contribution is 5.89. The highest BCUT2D eigenvalue weighted by Crippen LogP contribution is 2.29. The second kappa shape index (κ2) is 19.6. The molecule has 1 saturated heterocycles. The smallest absolute Gasteiger partial charge is 0.407 e. The zero-order valence-corrected chi connectivity index (χ0v) is 34.9. The molecule has 2 heterocycles. The Morgan fingerprint density at radius 3 is 1.93 bits per heavy atom. The first-order chi connectivity index (χ1) is 27.6. The van der Waals surface area contributed by atoms with Gasteiger partial charge in [0.25, 0.3) is 0 Å². The molecule has 0 saturated carbocycles. The molecule has 58 heavy (non-hydrogen) atoms. The quantitative estimate of drug-likeness (QED) is 0.110. The average Bonchev–Trinajstić information content (AvgIpc) is 3.53. The predicted octanol–water partition coefficient (Wildman–Crippen LogP) is 7.22. The summed E-state index contributed by atoms with van der Waals surface area (Å²) in [7, 11) is 1.27. The molecule has 4 aromatic rings. The van der Waals surface area contributed by atoms with Crippen molar-refractivity contribution in [3.8, 4) is 11.3 Å². The van der Waals surface area contributed by atoms with Crippen molar-refractivity contribution in [1.29, 1.82) is 0 Å². The van der Waals surface area contributed by atoms with Crippen LogP contribution in [0.25, 0.3) is 11.3 Å². The number of methoxy groups -OCH3 is 1. The fourth-order valence-electron chi connectivity index (χ4n) is 7.40. The number of carbonyl (C=O) groups excluding carboxylic acids is 4. The number of ether oxygens (including phenoxy) is 1. The molecular weight excluding hydrogens is 729 g/mol. The molecule has 3 aromatic carbocycles. The number of alkyl carbamates (subject to hydrolysis) is 1. The number of benzene rings is 3. The maximum Gasteiger partial charge on any atom is 0.407 e. The lowest BCUT2D eigenvalue weighted by atomic mass is 9.84. The van der Waals surface area contributed by atoms with E-state index in [9.17, 15) is 19.2 Å². The maximum absolute atomic E-state index is 14.5. The van der Waals surface area contributed by atoms with Gasteiger partial charge in [-0.2, -0.15) is 0 Å². The van der Waals surface area contributed by atoms with Gasteiger partial charge in [0.2, 0.25) is 11.8 Å². The van der Waals surface area contributed by atoms with Crippen LogP contribution in [0.15, 0.2) is 109 Å². The lowest BCUT2D eigenvalue weighted by Gasteiger charge is -2.37. The Balaban J connectivity index is 1.38. The first kappa shape index (κ1) is 43.4. The van der Waals surface area contributed by atoms with Crippen molar-refractivity contribution in [2.45, 2.75) is 91.5 Å². The van der Waals surface area contributed by atoms with Gasteiger partial charge in [-0.1, -0.05) is 133 Å². The molecule has 0 aliphatic carbocycles. The Hall–Kier alpha value is -5.71. The van der Waals surface area contributed by atoms with E-state index >= 15 is 0 Å². The molecule has 1 aromatic heterocycles. The van der Waals surface area contributed by atoms with Crippen LogP contribution in [0.5, 0.6) is 0 Å². The second-order valence-corrected chi connectivity index (χ2v) is 17.2. The standard InChI is InChI=1S/C47H59N6O5/c1-46(2,3)40(51-44(56)58-7)42(54)49-37(31-34-21-23-36(24-22-34)39-20-14-15-27-48-39)25-26-38(30-33-16-10-8-11-17-33)50-43(55)41(47(4,5)6)53-29-28-52(45(53)57)32-35-18-12-9-13-19-35/h8-24,26-27,37-38,40-41H,25,28-32H2,1-7H3,(H,49,54)(H,50,55)(H,51,56)/t37-,38-,40+,41+/m0/s1. The van der Waals surface area contributed by atoms with Crippen molar-refractivity contribution in [2.24, 2.45) is 10.8 Å². The van der Waals surface area contributed by atoms with Gasteiger partial charge in [0.05, 0.1) is 12.8 Å². The van der Waals surface area contributed by atoms with Crippen LogP contribution in [-0.4, -0.2) is 83.1 Å². The molecule has 1 aliphatic heterocycles. The Bertz CT molecular complexity index is 1950. The molecule has 5 rings (SSSR count). The minimum Gasteiger partial charge on any atom is -0.453 e. The van der Waals surface area contributed by atoms with E-state index in [-0.39, 0.29) is 17.8 Å². The first-order valence-corrected chi connectivity index (χ1v) is 20.0. The summed E-state index contributed by atoms with van der Waals surface area (Å²) in [6.45, 7) is 13.0. The Morgan fingerprint density at radius 1 is 0.724 bits per heavy atom. The number of hydrogen-bond acceptors (Lipinski definition) is 6. The molecule has 0 bridgehead atoms. The van der Waals surface area contributed by atoms with E-state index in [2.05, 4.69) is 20.9 Å². The highest BCUT2D eigenvalue weighted by atomic mass is 16.5. The van der Waals surface area contributed by atoms with Crippen LogP contribution in [-0.2, 0) is 33.7 Å². The summed E-state index contributed by atoms with van der Waals surface area (Å²) in [5.41, 5.74) is 3.72. The zero-order valence-electron chi connectivity index (χ0n) is 34.9. The zero-order chi connectivity index (χ0) is 41.9. The molecule has 4 atom stereocenters. The number of nitrogens with zero attached hydrogens (tertiary/aromatic N) is 3. The molecule has 1 radical (unpaired) electrons. The van der Waals surface area contributed by atoms with E-state index in [1.807, 2.05) is 151 Å². The number of nitrogens with one attached hydrogen (secondary N) is 3. The molecule has 11 heteroatoms. The Labute approximate surface area is 344 Å². The van der Waals surface area contributed by atoms with Gasteiger partial charge in [-0.25, -0.2) is 9.59 Å². The number of hydrogen-bond donors (Lipinski definition) is 3. The Morgan fingerprint density at radius 2 is 1.34 bits per heavy atom. The van der Waals surface area contributed by atoms with Crippen LogP contribution in [0.1, 0.15) is 64.7 Å². The number of carbonyl (C=O) groups is 4. The van der Waals surface area contributed by atoms with Gasteiger partial charge < -0.3 is 30.5 Å². The summed E-state index contributed by atoms with van der Waals surface area (Å²) in [6.07, 6.45) is 4.50. The molecule has 11 nitrogen and oxygen atoms in total. The minimum atomic E-state index is -0.874. The molecule has 1 fully saturated rings. The summed E-state index contributed by atoms with van der Waals surface area (Å²) in [4.78, 5) is 62.7. The third-order valence-electron chi connectivity index (χ3n) is 10.4. The molecule has 1 aliphatic rings. The van der Waals surface area contributed by atoms with Crippen LogP contribution in [0, 0.1) is 17.3 Å². The fourth-order valence-corrected chi connectivity index (χ4v) is 7.40. The van der Waals surface area contributed by atoms with Gasteiger partial charge >= 0.3 is 12.1 Å². The van der Waals surface area contributed by atoms with Crippen LogP contribution < -0.4 is 16.0 Å². The van der Waals surface area contributed by atoms with Crippen LogP contribution in [0.3, 0.4) is 0 Å². The predicted molar refractivity (Wildman–Crippen MR) is 227 cm³/mol. The molecular formula is C47H59N6O5.